The molecule has 53 heavy (non-hydrogen) atoms. The third-order valence-corrected chi connectivity index (χ3v) is 9.56. The molecule has 0 spiro atoms. The number of nitriles is 6. The molecule has 0 atom stereocenters. The van der Waals surface area contributed by atoms with Crippen molar-refractivity contribution in [3.63, 3.8) is 0 Å². The van der Waals surface area contributed by atoms with E-state index in [9.17, 15) is 31.6 Å². The van der Waals surface area contributed by atoms with Gasteiger partial charge in [0.15, 0.2) is 0 Å². The second-order valence-electron chi connectivity index (χ2n) is 12.4. The summed E-state index contributed by atoms with van der Waals surface area (Å²) in [6.45, 7) is 6.48. The van der Waals surface area contributed by atoms with Crippen LogP contribution in [0.2, 0.25) is 0 Å². The van der Waals surface area contributed by atoms with E-state index in [0.29, 0.717) is 24.2 Å². The van der Waals surface area contributed by atoms with Crippen LogP contribution in [0.4, 0.5) is 0 Å². The first-order valence-corrected chi connectivity index (χ1v) is 16.7. The molecule has 0 saturated heterocycles. The molecule has 4 aromatic carbocycles. The van der Waals surface area contributed by atoms with E-state index in [1.165, 1.54) is 24.3 Å². The van der Waals surface area contributed by atoms with E-state index in [-0.39, 0.29) is 33.4 Å². The molecule has 8 heteroatoms. The Hall–Kier alpha value is -8.14. The van der Waals surface area contributed by atoms with Gasteiger partial charge in [-0.25, -0.2) is 0 Å². The number of hydrogen-bond donors (Lipinski definition) is 0. The van der Waals surface area contributed by atoms with Crippen LogP contribution in [0.5, 0.6) is 0 Å². The predicted octanol–water partition coefficient (Wildman–Crippen LogP) is 9.13. The van der Waals surface area contributed by atoms with Crippen molar-refractivity contribution in [2.45, 2.75) is 19.8 Å². The van der Waals surface area contributed by atoms with Crippen LogP contribution in [0.1, 0.15) is 62.8 Å². The molecule has 2 aromatic heterocycles. The summed E-state index contributed by atoms with van der Waals surface area (Å²) in [5.41, 5.74) is 9.12. The van der Waals surface area contributed by atoms with Crippen LogP contribution in [0.25, 0.3) is 45.3 Å². The number of allylic oxidation sites excluding steroid dienone is 5. The molecule has 0 aliphatic heterocycles. The summed E-state index contributed by atoms with van der Waals surface area (Å²) < 4.78 is 3.85. The third kappa shape index (κ3) is 5.44. The van der Waals surface area contributed by atoms with Crippen LogP contribution in [-0.4, -0.2) is 9.13 Å². The van der Waals surface area contributed by atoms with Gasteiger partial charge in [-0.1, -0.05) is 68.1 Å². The van der Waals surface area contributed by atoms with Crippen LogP contribution >= 0.6 is 0 Å². The Morgan fingerprint density at radius 3 is 1.72 bits per heavy atom. The fourth-order valence-corrected chi connectivity index (χ4v) is 7.25. The summed E-state index contributed by atoms with van der Waals surface area (Å²) in [6, 6.07) is 34.7. The Morgan fingerprint density at radius 2 is 1.19 bits per heavy atom. The lowest BCUT2D eigenvalue weighted by Crippen LogP contribution is -2.05. The fraction of sp³-hybridized carbons (Fsp3) is 0.0667. The van der Waals surface area contributed by atoms with E-state index in [0.717, 1.165) is 55.5 Å². The summed E-state index contributed by atoms with van der Waals surface area (Å²) in [5, 5.41) is 61.8. The number of hydrogen-bond acceptors (Lipinski definition) is 6. The number of nitrogens with zero attached hydrogens (tertiary/aromatic N) is 8. The first-order chi connectivity index (χ1) is 25.9. The zero-order valence-corrected chi connectivity index (χ0v) is 28.5. The summed E-state index contributed by atoms with van der Waals surface area (Å²) in [6.07, 6.45) is 11.1. The van der Waals surface area contributed by atoms with Crippen molar-refractivity contribution in [1.82, 2.24) is 9.13 Å². The zero-order chi connectivity index (χ0) is 37.2. The number of benzene rings is 4. The van der Waals surface area contributed by atoms with E-state index in [4.69, 9.17) is 0 Å². The second-order valence-corrected chi connectivity index (χ2v) is 12.4. The fourth-order valence-electron chi connectivity index (χ4n) is 7.25. The number of rotatable bonds is 6. The number of fused-ring (bicyclic) bond motifs is 4. The van der Waals surface area contributed by atoms with Crippen LogP contribution in [0, 0.1) is 68.0 Å². The highest BCUT2D eigenvalue weighted by Crippen LogP contribution is 2.38. The SMILES string of the molecule is C=C(/C=C\c1c(CC)c2ccccc2n1-c1c(C#N)cc(C#N)cc1C#N)C1=CCc2c(n(-c3c(C#N)cc(C#N)cc3C#N)c3ccccc23)C=C1. The molecule has 6 aromatic rings. The maximum absolute atomic E-state index is 10.2. The monoisotopic (exact) mass is 678 g/mol. The lowest BCUT2D eigenvalue weighted by Gasteiger charge is -2.14. The molecule has 0 N–H and O–H groups in total. The smallest absolute Gasteiger partial charge is 0.101 e. The van der Waals surface area contributed by atoms with Crippen molar-refractivity contribution in [1.29, 1.82) is 31.6 Å². The number of aryl methyl sites for hydroxylation is 1. The van der Waals surface area contributed by atoms with Crippen LogP contribution in [0.15, 0.2) is 109 Å². The van der Waals surface area contributed by atoms with Crippen LogP contribution in [0.3, 0.4) is 0 Å². The summed E-state index contributed by atoms with van der Waals surface area (Å²) >= 11 is 0. The topological polar surface area (TPSA) is 153 Å². The molecule has 7 rings (SSSR count). The van der Waals surface area contributed by atoms with Crippen LogP contribution in [-0.2, 0) is 12.8 Å². The molecule has 0 bridgehead atoms. The van der Waals surface area contributed by atoms with Gasteiger partial charge in [-0.15, -0.1) is 0 Å². The summed E-state index contributed by atoms with van der Waals surface area (Å²) in [4.78, 5) is 0. The van der Waals surface area contributed by atoms with Crippen molar-refractivity contribution in [3.8, 4) is 47.8 Å². The van der Waals surface area contributed by atoms with Gasteiger partial charge in [0, 0.05) is 10.8 Å². The molecule has 2 heterocycles. The van der Waals surface area contributed by atoms with Gasteiger partial charge in [0.2, 0.25) is 0 Å². The second kappa shape index (κ2) is 13.6. The molecule has 0 amide bonds. The van der Waals surface area contributed by atoms with E-state index in [2.05, 4.69) is 56.0 Å². The Bertz CT molecular complexity index is 2860. The highest BCUT2D eigenvalue weighted by atomic mass is 15.0. The normalized spacial score (nSPS) is 11.8. The molecule has 0 fully saturated rings. The van der Waals surface area contributed by atoms with E-state index in [1.54, 1.807) is 0 Å². The number of para-hydroxylation sites is 2. The van der Waals surface area contributed by atoms with Gasteiger partial charge >= 0.3 is 0 Å². The minimum atomic E-state index is 0.221. The molecule has 0 saturated carbocycles. The summed E-state index contributed by atoms with van der Waals surface area (Å²) in [5.74, 6) is 0. The minimum absolute atomic E-state index is 0.221. The van der Waals surface area contributed by atoms with Crippen molar-refractivity contribution >= 4 is 34.0 Å². The van der Waals surface area contributed by atoms with Crippen molar-refractivity contribution < 1.29 is 0 Å². The Morgan fingerprint density at radius 1 is 0.679 bits per heavy atom. The van der Waals surface area contributed by atoms with Crippen molar-refractivity contribution in [2.24, 2.45) is 0 Å². The largest absolute Gasteiger partial charge is 0.307 e. The number of aromatic nitrogens is 2. The van der Waals surface area contributed by atoms with Gasteiger partial charge in [-0.3, -0.25) is 0 Å². The standard InChI is InChI=1S/C45H26N8/c1-3-36-37-8-4-6-10-40(37)52(44-32(24-48)18-29(22-46)19-33(44)25-49)42(36)16-12-28(2)31-13-15-39-38-9-5-7-11-41(38)53(43(39)17-14-31)45-34(26-50)20-30(23-47)21-35(45)27-51/h4-14,16-21H,2-3,15H2,1H3/b16-12-. The first kappa shape index (κ1) is 33.4. The molecule has 1 aliphatic rings. The van der Waals surface area contributed by atoms with Gasteiger partial charge < -0.3 is 9.13 Å². The van der Waals surface area contributed by atoms with Gasteiger partial charge in [-0.05, 0) is 83.7 Å². The maximum atomic E-state index is 10.2. The lowest BCUT2D eigenvalue weighted by molar-refractivity contribution is 1.05. The molecular formula is C45H26N8. The lowest BCUT2D eigenvalue weighted by atomic mass is 10.0. The van der Waals surface area contributed by atoms with E-state index in [1.807, 2.05) is 82.0 Å². The van der Waals surface area contributed by atoms with E-state index >= 15 is 0 Å². The predicted molar refractivity (Wildman–Crippen MR) is 203 cm³/mol. The average molecular weight is 679 g/mol. The molecule has 246 valence electrons. The van der Waals surface area contributed by atoms with Gasteiger partial charge in [0.25, 0.3) is 0 Å². The van der Waals surface area contributed by atoms with E-state index < -0.39 is 0 Å². The quantitative estimate of drug-likeness (QED) is 0.160. The highest BCUT2D eigenvalue weighted by Gasteiger charge is 2.24. The minimum Gasteiger partial charge on any atom is -0.307 e. The molecule has 0 radical (unpaired) electrons. The molecule has 0 unspecified atom stereocenters. The highest BCUT2D eigenvalue weighted by molar-refractivity contribution is 5.93. The maximum Gasteiger partial charge on any atom is 0.101 e. The van der Waals surface area contributed by atoms with Crippen molar-refractivity contribution in [2.75, 3.05) is 0 Å². The van der Waals surface area contributed by atoms with Crippen LogP contribution < -0.4 is 0 Å². The van der Waals surface area contributed by atoms with Gasteiger partial charge in [0.05, 0.1) is 79.3 Å². The third-order valence-electron chi connectivity index (χ3n) is 9.56. The Balaban J connectivity index is 1.35. The van der Waals surface area contributed by atoms with Crippen molar-refractivity contribution in [3.05, 3.63) is 165 Å². The van der Waals surface area contributed by atoms with Gasteiger partial charge in [-0.2, -0.15) is 31.6 Å². The Labute approximate surface area is 306 Å². The Kier molecular flexibility index (Phi) is 8.58. The van der Waals surface area contributed by atoms with Gasteiger partial charge in [0.1, 0.15) is 24.3 Å². The zero-order valence-electron chi connectivity index (χ0n) is 28.5. The molecular weight excluding hydrogens is 653 g/mol. The molecule has 8 nitrogen and oxygen atoms in total. The first-order valence-electron chi connectivity index (χ1n) is 16.7. The average Bonchev–Trinajstić information content (AvgIpc) is 3.58. The summed E-state index contributed by atoms with van der Waals surface area (Å²) in [7, 11) is 0. The molecule has 1 aliphatic carbocycles.